The Hall–Kier alpha value is -1.53. The molecule has 0 aliphatic carbocycles. The SMILES string of the molecule is Cc1ccc(F)c(Oc2nnc(CNC(C)C)s2)c1. The lowest BCUT2D eigenvalue weighted by Gasteiger charge is -2.04. The molecule has 0 aliphatic heterocycles. The maximum atomic E-state index is 13.5. The van der Waals surface area contributed by atoms with E-state index in [4.69, 9.17) is 4.74 Å². The number of nitrogens with one attached hydrogen (secondary N) is 1. The topological polar surface area (TPSA) is 47.0 Å². The fourth-order valence-corrected chi connectivity index (χ4v) is 2.08. The minimum atomic E-state index is -0.400. The molecule has 2 aromatic rings. The van der Waals surface area contributed by atoms with Gasteiger partial charge in [-0.15, -0.1) is 5.10 Å². The third-order valence-electron chi connectivity index (χ3n) is 2.39. The Morgan fingerprint density at radius 1 is 1.37 bits per heavy atom. The van der Waals surface area contributed by atoms with Gasteiger partial charge in [-0.05, 0) is 24.6 Å². The van der Waals surface area contributed by atoms with Crippen molar-refractivity contribution in [1.82, 2.24) is 15.5 Å². The maximum Gasteiger partial charge on any atom is 0.299 e. The quantitative estimate of drug-likeness (QED) is 0.913. The second-order valence-corrected chi connectivity index (χ2v) is 5.56. The summed E-state index contributed by atoms with van der Waals surface area (Å²) in [4.78, 5) is 0. The van der Waals surface area contributed by atoms with E-state index in [0.29, 0.717) is 17.8 Å². The van der Waals surface area contributed by atoms with E-state index in [-0.39, 0.29) is 5.75 Å². The van der Waals surface area contributed by atoms with Gasteiger partial charge in [0.25, 0.3) is 5.19 Å². The van der Waals surface area contributed by atoms with Crippen LogP contribution in [0.15, 0.2) is 18.2 Å². The molecule has 1 aromatic heterocycles. The zero-order valence-corrected chi connectivity index (χ0v) is 11.9. The number of hydrogen-bond donors (Lipinski definition) is 1. The van der Waals surface area contributed by atoms with E-state index in [1.807, 2.05) is 6.92 Å². The first-order valence-corrected chi connectivity index (χ1v) is 6.86. The van der Waals surface area contributed by atoms with Crippen LogP contribution in [0, 0.1) is 12.7 Å². The molecule has 0 radical (unpaired) electrons. The molecule has 0 aliphatic rings. The summed E-state index contributed by atoms with van der Waals surface area (Å²) in [5.41, 5.74) is 0.933. The summed E-state index contributed by atoms with van der Waals surface area (Å²) < 4.78 is 19.0. The lowest BCUT2D eigenvalue weighted by atomic mass is 10.2. The van der Waals surface area contributed by atoms with Gasteiger partial charge >= 0.3 is 0 Å². The molecule has 1 heterocycles. The molecule has 102 valence electrons. The predicted molar refractivity (Wildman–Crippen MR) is 73.1 cm³/mol. The summed E-state index contributed by atoms with van der Waals surface area (Å²) in [7, 11) is 0. The fraction of sp³-hybridized carbons (Fsp3) is 0.385. The first-order chi connectivity index (χ1) is 9.04. The molecular weight excluding hydrogens is 265 g/mol. The number of hydrogen-bond acceptors (Lipinski definition) is 5. The van der Waals surface area contributed by atoms with Crippen LogP contribution in [-0.4, -0.2) is 16.2 Å². The van der Waals surface area contributed by atoms with Gasteiger partial charge in [-0.25, -0.2) is 4.39 Å². The highest BCUT2D eigenvalue weighted by Crippen LogP contribution is 2.27. The Labute approximate surface area is 115 Å². The van der Waals surface area contributed by atoms with Gasteiger partial charge in [0.05, 0.1) is 6.54 Å². The molecular formula is C13H16FN3OS. The van der Waals surface area contributed by atoms with Crippen molar-refractivity contribution in [1.29, 1.82) is 0 Å². The number of benzene rings is 1. The van der Waals surface area contributed by atoms with Gasteiger partial charge in [0, 0.05) is 6.04 Å². The van der Waals surface area contributed by atoms with Crippen molar-refractivity contribution >= 4 is 11.3 Å². The van der Waals surface area contributed by atoms with Gasteiger partial charge in [0.2, 0.25) is 0 Å². The summed E-state index contributed by atoms with van der Waals surface area (Å²) in [6.45, 7) is 6.63. The van der Waals surface area contributed by atoms with Crippen LogP contribution in [0.2, 0.25) is 0 Å². The van der Waals surface area contributed by atoms with Crippen LogP contribution in [0.4, 0.5) is 4.39 Å². The second-order valence-electron chi connectivity index (χ2n) is 4.53. The molecule has 0 spiro atoms. The van der Waals surface area contributed by atoms with Crippen molar-refractivity contribution < 1.29 is 9.13 Å². The molecule has 1 aromatic carbocycles. The highest BCUT2D eigenvalue weighted by Gasteiger charge is 2.10. The molecule has 19 heavy (non-hydrogen) atoms. The van der Waals surface area contributed by atoms with Gasteiger partial charge in [-0.3, -0.25) is 0 Å². The maximum absolute atomic E-state index is 13.5. The summed E-state index contributed by atoms with van der Waals surface area (Å²) in [6.07, 6.45) is 0. The number of aromatic nitrogens is 2. The van der Waals surface area contributed by atoms with Crippen LogP contribution < -0.4 is 10.1 Å². The van der Waals surface area contributed by atoms with Crippen molar-refractivity contribution in [2.75, 3.05) is 0 Å². The number of nitrogens with zero attached hydrogens (tertiary/aromatic N) is 2. The highest BCUT2D eigenvalue weighted by atomic mass is 32.1. The van der Waals surface area contributed by atoms with Crippen LogP contribution >= 0.6 is 11.3 Å². The Morgan fingerprint density at radius 2 is 2.16 bits per heavy atom. The van der Waals surface area contributed by atoms with Crippen LogP contribution in [0.25, 0.3) is 0 Å². The molecule has 1 N–H and O–H groups in total. The lowest BCUT2D eigenvalue weighted by Crippen LogP contribution is -2.21. The molecule has 4 nitrogen and oxygen atoms in total. The first kappa shape index (κ1) is 13.9. The van der Waals surface area contributed by atoms with Crippen molar-refractivity contribution in [2.24, 2.45) is 0 Å². The van der Waals surface area contributed by atoms with E-state index >= 15 is 0 Å². The molecule has 0 saturated heterocycles. The predicted octanol–water partition coefficient (Wildman–Crippen LogP) is 3.28. The standard InChI is InChI=1S/C13H16FN3OS/c1-8(2)15-7-12-16-17-13(19-12)18-11-6-9(3)4-5-10(11)14/h4-6,8,15H,7H2,1-3H3. The summed E-state index contributed by atoms with van der Waals surface area (Å²) >= 11 is 1.31. The first-order valence-electron chi connectivity index (χ1n) is 6.04. The van der Waals surface area contributed by atoms with Crippen LogP contribution in [0.5, 0.6) is 10.9 Å². The molecule has 0 saturated carbocycles. The summed E-state index contributed by atoms with van der Waals surface area (Å²) in [5.74, 6) is -0.220. The minimum Gasteiger partial charge on any atom is -0.427 e. The monoisotopic (exact) mass is 281 g/mol. The van der Waals surface area contributed by atoms with Crippen molar-refractivity contribution in [2.45, 2.75) is 33.4 Å². The Morgan fingerprint density at radius 3 is 2.89 bits per heavy atom. The molecule has 6 heteroatoms. The van der Waals surface area contributed by atoms with Gasteiger partial charge in [-0.1, -0.05) is 36.3 Å². The minimum absolute atomic E-state index is 0.180. The fourth-order valence-electron chi connectivity index (χ4n) is 1.43. The molecule has 0 fully saturated rings. The van der Waals surface area contributed by atoms with E-state index in [9.17, 15) is 4.39 Å². The lowest BCUT2D eigenvalue weighted by molar-refractivity contribution is 0.435. The molecule has 0 atom stereocenters. The number of ether oxygens (including phenoxy) is 1. The van der Waals surface area contributed by atoms with Gasteiger partial charge in [0.15, 0.2) is 11.6 Å². The van der Waals surface area contributed by atoms with Crippen LogP contribution in [-0.2, 0) is 6.54 Å². The normalized spacial score (nSPS) is 11.0. The molecule has 0 unspecified atom stereocenters. The molecule has 0 amide bonds. The zero-order chi connectivity index (χ0) is 13.8. The average molecular weight is 281 g/mol. The number of halogens is 1. The van der Waals surface area contributed by atoms with E-state index < -0.39 is 5.82 Å². The number of aryl methyl sites for hydroxylation is 1. The zero-order valence-electron chi connectivity index (χ0n) is 11.1. The van der Waals surface area contributed by atoms with Crippen LogP contribution in [0.1, 0.15) is 24.4 Å². The smallest absolute Gasteiger partial charge is 0.299 e. The van der Waals surface area contributed by atoms with Gasteiger partial charge in [-0.2, -0.15) is 0 Å². The van der Waals surface area contributed by atoms with Crippen molar-refractivity contribution in [3.8, 4) is 10.9 Å². The van der Waals surface area contributed by atoms with Gasteiger partial charge < -0.3 is 10.1 Å². The van der Waals surface area contributed by atoms with Crippen molar-refractivity contribution in [3.05, 3.63) is 34.6 Å². The Kier molecular flexibility index (Phi) is 4.44. The van der Waals surface area contributed by atoms with E-state index in [1.165, 1.54) is 17.4 Å². The average Bonchev–Trinajstić information content (AvgIpc) is 2.79. The van der Waals surface area contributed by atoms with Gasteiger partial charge in [0.1, 0.15) is 5.01 Å². The third-order valence-corrected chi connectivity index (χ3v) is 3.20. The number of rotatable bonds is 5. The summed E-state index contributed by atoms with van der Waals surface area (Å²) in [5, 5.41) is 12.3. The molecule has 2 rings (SSSR count). The van der Waals surface area contributed by atoms with E-state index in [1.54, 1.807) is 12.1 Å². The Balaban J connectivity index is 2.05. The third kappa shape index (κ3) is 3.97. The van der Waals surface area contributed by atoms with E-state index in [2.05, 4.69) is 29.4 Å². The highest BCUT2D eigenvalue weighted by molar-refractivity contribution is 7.13. The largest absolute Gasteiger partial charge is 0.427 e. The summed E-state index contributed by atoms with van der Waals surface area (Å²) in [6, 6.07) is 5.10. The van der Waals surface area contributed by atoms with Crippen molar-refractivity contribution in [3.63, 3.8) is 0 Å². The second kappa shape index (κ2) is 6.08. The van der Waals surface area contributed by atoms with E-state index in [0.717, 1.165) is 10.6 Å². The molecule has 0 bridgehead atoms. The Bertz CT molecular complexity index is 557. The van der Waals surface area contributed by atoms with Crippen LogP contribution in [0.3, 0.4) is 0 Å².